The first kappa shape index (κ1) is 18.4. The highest BCUT2D eigenvalue weighted by Gasteiger charge is 2.02. The van der Waals surface area contributed by atoms with Gasteiger partial charge >= 0.3 is 5.97 Å². The van der Waals surface area contributed by atoms with Gasteiger partial charge in [0.15, 0.2) is 0 Å². The monoisotopic (exact) mass is 281 g/mol. The lowest BCUT2D eigenvalue weighted by Crippen LogP contribution is -3.11. The Hall–Kier alpha value is -1.55. The van der Waals surface area contributed by atoms with Gasteiger partial charge in [0.2, 0.25) is 0 Å². The molecule has 1 aromatic rings. The number of nitrogens with one attached hydrogen (secondary N) is 1. The Bertz CT molecular complexity index is 365. The van der Waals surface area contributed by atoms with E-state index in [2.05, 4.69) is 20.8 Å². The van der Waals surface area contributed by atoms with Gasteiger partial charge in [-0.05, 0) is 25.3 Å². The van der Waals surface area contributed by atoms with Crippen LogP contribution in [0.1, 0.15) is 50.4 Å². The molecule has 0 saturated heterocycles. The largest absolute Gasteiger partial charge is 0.872 e. The molecular weight excluding hydrogens is 254 g/mol. The lowest BCUT2D eigenvalue weighted by molar-refractivity contribution is -0.900. The molecule has 0 atom stereocenters. The summed E-state index contributed by atoms with van der Waals surface area (Å²) in [6.45, 7) is 10.9. The summed E-state index contributed by atoms with van der Waals surface area (Å²) in [6, 6.07) is 5.54. The molecule has 0 heterocycles. The molecule has 0 saturated carbocycles. The summed E-state index contributed by atoms with van der Waals surface area (Å²) in [5.74, 6) is -1.62. The second-order valence-electron chi connectivity index (χ2n) is 4.80. The molecule has 4 nitrogen and oxygen atoms in total. The van der Waals surface area contributed by atoms with Crippen molar-refractivity contribution >= 4 is 5.97 Å². The normalized spacial score (nSPS) is 10.0. The van der Waals surface area contributed by atoms with Gasteiger partial charge in [0.05, 0.1) is 25.2 Å². The summed E-state index contributed by atoms with van der Waals surface area (Å²) in [5.41, 5.74) is -0.178. The highest BCUT2D eigenvalue weighted by atomic mass is 16.4. The number of carboxylic acid groups (broad SMARTS) is 1. The summed E-state index contributed by atoms with van der Waals surface area (Å²) in [5, 5.41) is 19.0. The third kappa shape index (κ3) is 7.79. The van der Waals surface area contributed by atoms with Crippen molar-refractivity contribution in [2.45, 2.75) is 40.0 Å². The number of carboxylic acids is 1. The SMILES string of the molecule is CCC[NH+](CCC)CCC.O=C(O)c1ccccc1[O-]. The molecule has 1 rings (SSSR count). The van der Waals surface area contributed by atoms with Crippen LogP contribution in [-0.4, -0.2) is 30.7 Å². The maximum atomic E-state index is 10.7. The molecule has 2 N–H and O–H groups in total. The van der Waals surface area contributed by atoms with E-state index in [1.165, 1.54) is 63.2 Å². The van der Waals surface area contributed by atoms with E-state index in [1.54, 1.807) is 4.90 Å². The predicted molar refractivity (Wildman–Crippen MR) is 79.3 cm³/mol. The molecule has 114 valence electrons. The van der Waals surface area contributed by atoms with Crippen LogP contribution in [0.5, 0.6) is 5.75 Å². The van der Waals surface area contributed by atoms with E-state index < -0.39 is 11.7 Å². The van der Waals surface area contributed by atoms with Gasteiger partial charge in [0, 0.05) is 0 Å². The van der Waals surface area contributed by atoms with Crippen molar-refractivity contribution in [3.05, 3.63) is 29.8 Å². The highest BCUT2D eigenvalue weighted by molar-refractivity contribution is 5.90. The average Bonchev–Trinajstić information content (AvgIpc) is 2.40. The Kier molecular flexibility index (Phi) is 10.4. The molecule has 0 aliphatic heterocycles. The minimum absolute atomic E-state index is 0.178. The summed E-state index contributed by atoms with van der Waals surface area (Å²) in [4.78, 5) is 12.0. The first-order valence-electron chi connectivity index (χ1n) is 7.39. The van der Waals surface area contributed by atoms with Crippen molar-refractivity contribution in [3.63, 3.8) is 0 Å². The van der Waals surface area contributed by atoms with E-state index in [1.807, 2.05) is 0 Å². The van der Waals surface area contributed by atoms with Crippen LogP contribution in [0.3, 0.4) is 0 Å². The minimum atomic E-state index is -1.18. The van der Waals surface area contributed by atoms with Crippen LogP contribution >= 0.6 is 0 Å². The molecule has 0 bridgehead atoms. The number of benzene rings is 1. The molecule has 0 fully saturated rings. The molecule has 0 aromatic heterocycles. The van der Waals surface area contributed by atoms with Crippen LogP contribution < -0.4 is 10.0 Å². The summed E-state index contributed by atoms with van der Waals surface area (Å²) >= 11 is 0. The zero-order chi connectivity index (χ0) is 15.4. The third-order valence-corrected chi connectivity index (χ3v) is 2.93. The predicted octanol–water partition coefficient (Wildman–Crippen LogP) is 1.56. The molecule has 0 aliphatic carbocycles. The molecule has 1 aromatic carbocycles. The molecular formula is C16H27NO3. The number of hydrogen-bond acceptors (Lipinski definition) is 2. The van der Waals surface area contributed by atoms with Crippen LogP contribution in [0.25, 0.3) is 0 Å². The van der Waals surface area contributed by atoms with E-state index in [9.17, 15) is 9.90 Å². The topological polar surface area (TPSA) is 64.8 Å². The number of rotatable bonds is 7. The van der Waals surface area contributed by atoms with Crippen LogP contribution in [-0.2, 0) is 0 Å². The Morgan fingerprint density at radius 1 is 1.05 bits per heavy atom. The lowest BCUT2D eigenvalue weighted by Gasteiger charge is -2.16. The summed E-state index contributed by atoms with van der Waals surface area (Å²) in [6.07, 6.45) is 3.99. The number of carbonyl (C=O) groups is 1. The van der Waals surface area contributed by atoms with Gasteiger partial charge in [-0.2, -0.15) is 0 Å². The molecule has 0 radical (unpaired) electrons. The van der Waals surface area contributed by atoms with Gasteiger partial charge < -0.3 is 15.1 Å². The van der Waals surface area contributed by atoms with Gasteiger partial charge in [0.25, 0.3) is 0 Å². The molecule has 0 unspecified atom stereocenters. The Labute approximate surface area is 122 Å². The fourth-order valence-electron chi connectivity index (χ4n) is 2.08. The Morgan fingerprint density at radius 2 is 1.50 bits per heavy atom. The van der Waals surface area contributed by atoms with Crippen LogP contribution in [0.15, 0.2) is 24.3 Å². The third-order valence-electron chi connectivity index (χ3n) is 2.93. The summed E-state index contributed by atoms with van der Waals surface area (Å²) in [7, 11) is 0. The minimum Gasteiger partial charge on any atom is -0.872 e. The van der Waals surface area contributed by atoms with Gasteiger partial charge in [-0.1, -0.05) is 44.7 Å². The zero-order valence-electron chi connectivity index (χ0n) is 12.8. The number of quaternary nitrogens is 1. The first-order chi connectivity index (χ1) is 9.56. The van der Waals surface area contributed by atoms with Crippen LogP contribution in [0.4, 0.5) is 0 Å². The van der Waals surface area contributed by atoms with E-state index in [0.717, 1.165) is 0 Å². The average molecular weight is 281 g/mol. The van der Waals surface area contributed by atoms with Crippen molar-refractivity contribution < 1.29 is 19.9 Å². The van der Waals surface area contributed by atoms with Crippen molar-refractivity contribution in [2.75, 3.05) is 19.6 Å². The van der Waals surface area contributed by atoms with E-state index in [0.29, 0.717) is 0 Å². The van der Waals surface area contributed by atoms with E-state index >= 15 is 0 Å². The number of para-hydroxylation sites is 1. The van der Waals surface area contributed by atoms with Crippen molar-refractivity contribution in [2.24, 2.45) is 0 Å². The fraction of sp³-hybridized carbons (Fsp3) is 0.562. The van der Waals surface area contributed by atoms with Crippen molar-refractivity contribution in [1.82, 2.24) is 0 Å². The van der Waals surface area contributed by atoms with Crippen LogP contribution in [0, 0.1) is 0 Å². The van der Waals surface area contributed by atoms with Gasteiger partial charge in [0.1, 0.15) is 0 Å². The zero-order valence-corrected chi connectivity index (χ0v) is 12.8. The summed E-state index contributed by atoms with van der Waals surface area (Å²) < 4.78 is 0. The van der Waals surface area contributed by atoms with Gasteiger partial charge in [-0.25, -0.2) is 4.79 Å². The second-order valence-corrected chi connectivity index (χ2v) is 4.80. The molecule has 20 heavy (non-hydrogen) atoms. The highest BCUT2D eigenvalue weighted by Crippen LogP contribution is 2.10. The van der Waals surface area contributed by atoms with Crippen molar-refractivity contribution in [3.8, 4) is 5.75 Å². The smallest absolute Gasteiger partial charge is 0.335 e. The fourth-order valence-corrected chi connectivity index (χ4v) is 2.08. The molecule has 0 aliphatic rings. The maximum absolute atomic E-state index is 10.7. The lowest BCUT2D eigenvalue weighted by atomic mass is 10.2. The molecule has 0 amide bonds. The van der Waals surface area contributed by atoms with E-state index in [4.69, 9.17) is 5.11 Å². The standard InChI is InChI=1S/C9H21N.C7H6O3/c1-4-7-10(8-5-2)9-6-3;8-6-4-2-1-3-5(6)7(9)10/h4-9H2,1-3H3;1-4,8H,(H,9,10). The van der Waals surface area contributed by atoms with E-state index in [-0.39, 0.29) is 5.56 Å². The maximum Gasteiger partial charge on any atom is 0.335 e. The van der Waals surface area contributed by atoms with Gasteiger partial charge in [-0.3, -0.25) is 0 Å². The quantitative estimate of drug-likeness (QED) is 0.797. The second kappa shape index (κ2) is 11.3. The Morgan fingerprint density at radius 3 is 1.80 bits per heavy atom. The van der Waals surface area contributed by atoms with Gasteiger partial charge in [-0.15, -0.1) is 0 Å². The number of hydrogen-bond donors (Lipinski definition) is 2. The molecule has 0 spiro atoms. The first-order valence-corrected chi connectivity index (χ1v) is 7.39. The Balaban J connectivity index is 0.000000361. The number of aromatic carboxylic acids is 1. The van der Waals surface area contributed by atoms with Crippen molar-refractivity contribution in [1.29, 1.82) is 0 Å². The molecule has 4 heteroatoms. The van der Waals surface area contributed by atoms with Crippen LogP contribution in [0.2, 0.25) is 0 Å².